The summed E-state index contributed by atoms with van der Waals surface area (Å²) in [5.41, 5.74) is 1.99. The maximum Gasteiger partial charge on any atom is 0.346 e. The minimum Gasteiger partial charge on any atom is -0.477 e. The second-order valence-electron chi connectivity index (χ2n) is 3.21. The number of carbonyl (C=O) groups is 1. The van der Waals surface area contributed by atoms with Gasteiger partial charge in [-0.2, -0.15) is 5.26 Å². The van der Waals surface area contributed by atoms with Crippen LogP contribution in [0.1, 0.15) is 5.56 Å². The van der Waals surface area contributed by atoms with Gasteiger partial charge in [-0.1, -0.05) is 18.2 Å². The summed E-state index contributed by atoms with van der Waals surface area (Å²) in [4.78, 5) is 10.7. The summed E-state index contributed by atoms with van der Waals surface area (Å²) in [5.74, 6) is -1.23. The van der Waals surface area contributed by atoms with Crippen LogP contribution in [0.25, 0.3) is 5.57 Å². The number of rotatable bonds is 2. The average molecular weight is 211 g/mol. The lowest BCUT2D eigenvalue weighted by molar-refractivity contribution is -0.132. The van der Waals surface area contributed by atoms with Crippen molar-refractivity contribution < 1.29 is 9.90 Å². The molecule has 4 heteroatoms. The Labute approximate surface area is 92.1 Å². The first kappa shape index (κ1) is 9.99. The standard InChI is InChI=1S/C12H7N2O2/c13-6-8(12(15)16)5-9-7-14-11-4-2-1-3-10(9)11/h1-5,7H,(H,15,16). The fourth-order valence-corrected chi connectivity index (χ4v) is 1.45. The van der Waals surface area contributed by atoms with E-state index in [0.717, 1.165) is 11.3 Å². The Morgan fingerprint density at radius 1 is 1.44 bits per heavy atom. The predicted molar refractivity (Wildman–Crippen MR) is 57.5 cm³/mol. The van der Waals surface area contributed by atoms with Crippen molar-refractivity contribution >= 4 is 17.2 Å². The Bertz CT molecular complexity index is 550. The van der Waals surface area contributed by atoms with Gasteiger partial charge in [0.1, 0.15) is 11.6 Å². The predicted octanol–water partition coefficient (Wildman–Crippen LogP) is 1.81. The van der Waals surface area contributed by atoms with E-state index in [4.69, 9.17) is 10.4 Å². The molecule has 1 radical (unpaired) electrons. The number of aliphatic carboxylic acids is 1. The van der Waals surface area contributed by atoms with Gasteiger partial charge in [-0.3, -0.25) is 5.32 Å². The molecule has 77 valence electrons. The van der Waals surface area contributed by atoms with E-state index in [1.165, 1.54) is 6.08 Å². The zero-order valence-electron chi connectivity index (χ0n) is 8.21. The van der Waals surface area contributed by atoms with Crippen LogP contribution in [0.4, 0.5) is 5.69 Å². The van der Waals surface area contributed by atoms with Gasteiger partial charge in [-0.25, -0.2) is 4.79 Å². The quantitative estimate of drug-likeness (QED) is 0.598. The molecule has 0 saturated heterocycles. The molecule has 0 aliphatic carbocycles. The van der Waals surface area contributed by atoms with Gasteiger partial charge >= 0.3 is 5.97 Å². The minimum absolute atomic E-state index is 0.293. The second kappa shape index (κ2) is 3.91. The second-order valence-corrected chi connectivity index (χ2v) is 3.21. The average Bonchev–Trinajstić information content (AvgIpc) is 2.69. The third kappa shape index (κ3) is 1.66. The third-order valence-corrected chi connectivity index (χ3v) is 2.21. The molecule has 2 rings (SSSR count). The van der Waals surface area contributed by atoms with Crippen molar-refractivity contribution in [3.8, 4) is 6.07 Å². The third-order valence-electron chi connectivity index (χ3n) is 2.21. The molecule has 0 spiro atoms. The molecule has 1 N–H and O–H groups in total. The molecule has 1 aliphatic heterocycles. The molecule has 0 atom stereocenters. The molecule has 1 heterocycles. The Hall–Kier alpha value is -2.54. The first-order valence-electron chi connectivity index (χ1n) is 4.58. The molecule has 0 bridgehead atoms. The summed E-state index contributed by atoms with van der Waals surface area (Å²) in [6.07, 6.45) is 2.89. The SMILES string of the molecule is N#CC(=CC1=C[N]c2ccccc21)C(=O)O. The maximum absolute atomic E-state index is 10.7. The van der Waals surface area contributed by atoms with Crippen LogP contribution in [-0.2, 0) is 4.79 Å². The van der Waals surface area contributed by atoms with Crippen LogP contribution in [-0.4, -0.2) is 11.1 Å². The van der Waals surface area contributed by atoms with Crippen molar-refractivity contribution in [2.24, 2.45) is 0 Å². The van der Waals surface area contributed by atoms with Crippen LogP contribution in [0.5, 0.6) is 0 Å². The Morgan fingerprint density at radius 3 is 2.88 bits per heavy atom. The van der Waals surface area contributed by atoms with Crippen molar-refractivity contribution in [2.75, 3.05) is 0 Å². The van der Waals surface area contributed by atoms with E-state index in [0.29, 0.717) is 5.57 Å². The molecule has 0 aromatic heterocycles. The van der Waals surface area contributed by atoms with Gasteiger partial charge in [0, 0.05) is 17.3 Å². The van der Waals surface area contributed by atoms with Gasteiger partial charge in [0.25, 0.3) is 0 Å². The number of carboxylic acids is 1. The highest BCUT2D eigenvalue weighted by molar-refractivity contribution is 5.96. The highest BCUT2D eigenvalue weighted by Crippen LogP contribution is 2.31. The fraction of sp³-hybridized carbons (Fsp3) is 0. The van der Waals surface area contributed by atoms with Crippen LogP contribution < -0.4 is 5.32 Å². The van der Waals surface area contributed by atoms with E-state index >= 15 is 0 Å². The van der Waals surface area contributed by atoms with Gasteiger partial charge in [-0.15, -0.1) is 0 Å². The Kier molecular flexibility index (Phi) is 2.44. The normalized spacial score (nSPS) is 13.4. The molecule has 0 amide bonds. The van der Waals surface area contributed by atoms with E-state index in [2.05, 4.69) is 5.32 Å². The molecule has 4 nitrogen and oxygen atoms in total. The molecule has 0 saturated carbocycles. The lowest BCUT2D eigenvalue weighted by Crippen LogP contribution is -1.97. The highest BCUT2D eigenvalue weighted by Gasteiger charge is 2.15. The summed E-state index contributed by atoms with van der Waals surface area (Å²) < 4.78 is 0. The number of hydrogen-bond donors (Lipinski definition) is 1. The Morgan fingerprint density at radius 2 is 2.19 bits per heavy atom. The van der Waals surface area contributed by atoms with E-state index in [1.54, 1.807) is 12.3 Å². The summed E-state index contributed by atoms with van der Waals surface area (Å²) >= 11 is 0. The fourth-order valence-electron chi connectivity index (χ4n) is 1.45. The van der Waals surface area contributed by atoms with E-state index in [-0.39, 0.29) is 5.57 Å². The van der Waals surface area contributed by atoms with Crippen LogP contribution in [0.2, 0.25) is 0 Å². The van der Waals surface area contributed by atoms with Gasteiger partial charge in [0.05, 0.1) is 5.69 Å². The molecular formula is C12H7N2O2. The summed E-state index contributed by atoms with van der Waals surface area (Å²) in [6, 6.07) is 9.00. The molecule has 1 aromatic rings. The highest BCUT2D eigenvalue weighted by atomic mass is 16.4. The van der Waals surface area contributed by atoms with Crippen molar-refractivity contribution in [1.82, 2.24) is 5.32 Å². The van der Waals surface area contributed by atoms with Crippen molar-refractivity contribution in [3.05, 3.63) is 47.7 Å². The zero-order valence-corrected chi connectivity index (χ0v) is 8.21. The molecule has 1 aliphatic rings. The minimum atomic E-state index is -1.23. The first-order valence-corrected chi connectivity index (χ1v) is 4.58. The molecule has 0 unspecified atom stereocenters. The number of benzene rings is 1. The number of hydrogen-bond acceptors (Lipinski definition) is 2. The number of carboxylic acid groups (broad SMARTS) is 1. The number of nitrogens with zero attached hydrogens (tertiary/aromatic N) is 2. The van der Waals surface area contributed by atoms with E-state index in [9.17, 15) is 4.79 Å². The topological polar surface area (TPSA) is 75.2 Å². The van der Waals surface area contributed by atoms with E-state index < -0.39 is 5.97 Å². The van der Waals surface area contributed by atoms with Gasteiger partial charge in [-0.05, 0) is 12.1 Å². The summed E-state index contributed by atoms with van der Waals surface area (Å²) in [5, 5.41) is 21.5. The number of fused-ring (bicyclic) bond motifs is 1. The molecule has 1 aromatic carbocycles. The molecule has 16 heavy (non-hydrogen) atoms. The van der Waals surface area contributed by atoms with Gasteiger partial charge < -0.3 is 5.11 Å². The van der Waals surface area contributed by atoms with Crippen LogP contribution in [0.3, 0.4) is 0 Å². The first-order chi connectivity index (χ1) is 7.72. The number of allylic oxidation sites excluding steroid dienone is 2. The molecular weight excluding hydrogens is 204 g/mol. The number of para-hydroxylation sites is 1. The zero-order chi connectivity index (χ0) is 11.5. The van der Waals surface area contributed by atoms with Gasteiger partial charge in [0.15, 0.2) is 0 Å². The smallest absolute Gasteiger partial charge is 0.346 e. The van der Waals surface area contributed by atoms with Crippen LogP contribution >= 0.6 is 0 Å². The van der Waals surface area contributed by atoms with Crippen molar-refractivity contribution in [1.29, 1.82) is 5.26 Å². The summed E-state index contributed by atoms with van der Waals surface area (Å²) in [7, 11) is 0. The lowest BCUT2D eigenvalue weighted by atomic mass is 10.1. The van der Waals surface area contributed by atoms with E-state index in [1.807, 2.05) is 24.3 Å². The van der Waals surface area contributed by atoms with Gasteiger partial charge in [0.2, 0.25) is 0 Å². The Balaban J connectivity index is 2.40. The van der Waals surface area contributed by atoms with Crippen LogP contribution in [0, 0.1) is 11.3 Å². The van der Waals surface area contributed by atoms with Crippen LogP contribution in [0.15, 0.2) is 42.1 Å². The maximum atomic E-state index is 10.7. The monoisotopic (exact) mass is 211 g/mol. The molecule has 0 fully saturated rings. The lowest BCUT2D eigenvalue weighted by Gasteiger charge is -1.98. The van der Waals surface area contributed by atoms with Crippen molar-refractivity contribution in [2.45, 2.75) is 0 Å². The summed E-state index contributed by atoms with van der Waals surface area (Å²) in [6.45, 7) is 0. The largest absolute Gasteiger partial charge is 0.477 e. The number of nitriles is 1. The van der Waals surface area contributed by atoms with Crippen molar-refractivity contribution in [3.63, 3.8) is 0 Å².